The van der Waals surface area contributed by atoms with Gasteiger partial charge in [0.15, 0.2) is 0 Å². The van der Waals surface area contributed by atoms with E-state index in [1.165, 1.54) is 59.0 Å². The Morgan fingerprint density at radius 3 is 2.58 bits per heavy atom. The van der Waals surface area contributed by atoms with Gasteiger partial charge in [-0.2, -0.15) is 0 Å². The summed E-state index contributed by atoms with van der Waals surface area (Å²) in [7, 11) is 2.69. The maximum Gasteiger partial charge on any atom is 0.0699 e. The van der Waals surface area contributed by atoms with Crippen LogP contribution in [-0.4, -0.2) is 0 Å². The van der Waals surface area contributed by atoms with Gasteiger partial charge < -0.3 is 0 Å². The van der Waals surface area contributed by atoms with Crippen molar-refractivity contribution in [3.63, 3.8) is 0 Å². The molecular weight excluding hydrogens is 184 g/mol. The molecule has 0 bridgehead atoms. The van der Waals surface area contributed by atoms with Crippen LogP contribution >= 0.6 is 15.9 Å². The highest BCUT2D eigenvalue weighted by Gasteiger charge is 2.21. The maximum absolute atomic E-state index is 4.58. The standard InChI is InChI=1S/C9H14NP2/c1-7-9(10-12-11-7)8-5-3-2-4-6-8/h8H,2-6H2,1H3. The molecular formula is C9H14NP2. The van der Waals surface area contributed by atoms with Crippen molar-refractivity contribution in [1.82, 2.24) is 5.09 Å². The van der Waals surface area contributed by atoms with Crippen LogP contribution in [0.15, 0.2) is 11.0 Å². The molecule has 12 heavy (non-hydrogen) atoms. The molecule has 1 aliphatic heterocycles. The second-order valence-electron chi connectivity index (χ2n) is 3.60. The van der Waals surface area contributed by atoms with Crippen molar-refractivity contribution in [3.8, 4) is 0 Å². The van der Waals surface area contributed by atoms with Gasteiger partial charge >= 0.3 is 0 Å². The Morgan fingerprint density at radius 2 is 2.00 bits per heavy atom. The van der Waals surface area contributed by atoms with Crippen LogP contribution in [0.5, 0.6) is 0 Å². The summed E-state index contributed by atoms with van der Waals surface area (Å²) in [4.78, 5) is 0. The normalized spacial score (nSPS) is 27.4. The second kappa shape index (κ2) is 3.90. The molecule has 1 saturated carbocycles. The molecule has 1 nitrogen and oxygen atoms in total. The van der Waals surface area contributed by atoms with Gasteiger partial charge in [-0.1, -0.05) is 19.3 Å². The predicted octanol–water partition coefficient (Wildman–Crippen LogP) is 4.14. The second-order valence-corrected chi connectivity index (χ2v) is 5.98. The van der Waals surface area contributed by atoms with Gasteiger partial charge in [-0.3, -0.25) is 0 Å². The van der Waals surface area contributed by atoms with Crippen LogP contribution in [0, 0.1) is 5.92 Å². The lowest BCUT2D eigenvalue weighted by atomic mass is 9.87. The predicted molar refractivity (Wildman–Crippen MR) is 55.2 cm³/mol. The Bertz CT molecular complexity index is 227. The van der Waals surface area contributed by atoms with E-state index in [0.29, 0.717) is 0 Å². The lowest BCUT2D eigenvalue weighted by Crippen LogP contribution is -2.12. The van der Waals surface area contributed by atoms with Crippen molar-refractivity contribution in [2.75, 3.05) is 0 Å². The molecule has 0 unspecified atom stereocenters. The van der Waals surface area contributed by atoms with E-state index in [1.54, 1.807) is 0 Å². The highest BCUT2D eigenvalue weighted by atomic mass is 31.7. The molecule has 0 atom stereocenters. The van der Waals surface area contributed by atoms with E-state index in [4.69, 9.17) is 0 Å². The van der Waals surface area contributed by atoms with E-state index in [2.05, 4.69) is 12.0 Å². The largest absolute Gasteiger partial charge is 0.226 e. The van der Waals surface area contributed by atoms with Crippen LogP contribution in [-0.2, 0) is 0 Å². The van der Waals surface area contributed by atoms with Gasteiger partial charge in [-0.15, -0.1) is 0 Å². The van der Waals surface area contributed by atoms with Gasteiger partial charge in [-0.05, 0) is 27.6 Å². The van der Waals surface area contributed by atoms with Crippen molar-refractivity contribution in [2.24, 2.45) is 5.92 Å². The minimum atomic E-state index is 0.821. The average Bonchev–Trinajstić information content (AvgIpc) is 2.53. The summed E-state index contributed by atoms with van der Waals surface area (Å²) in [6, 6.07) is 0. The van der Waals surface area contributed by atoms with Crippen LogP contribution in [0.2, 0.25) is 0 Å². The van der Waals surface area contributed by atoms with E-state index in [9.17, 15) is 0 Å². The molecule has 0 aromatic rings. The Morgan fingerprint density at radius 1 is 1.25 bits per heavy atom. The number of nitrogens with zero attached hydrogens (tertiary/aromatic N) is 1. The van der Waals surface area contributed by atoms with E-state index >= 15 is 0 Å². The zero-order valence-electron chi connectivity index (χ0n) is 7.45. The summed E-state index contributed by atoms with van der Waals surface area (Å²) in [5.41, 5.74) is 1.46. The van der Waals surface area contributed by atoms with E-state index in [-0.39, 0.29) is 0 Å². The molecule has 1 fully saturated rings. The Kier molecular flexibility index (Phi) is 2.84. The molecule has 2 rings (SSSR count). The minimum absolute atomic E-state index is 0.821. The molecule has 0 N–H and O–H groups in total. The van der Waals surface area contributed by atoms with Gasteiger partial charge in [-0.25, -0.2) is 5.09 Å². The van der Waals surface area contributed by atoms with E-state index in [0.717, 1.165) is 5.92 Å². The molecule has 1 heterocycles. The number of allylic oxidation sites excluding steroid dienone is 2. The maximum atomic E-state index is 4.58. The van der Waals surface area contributed by atoms with Gasteiger partial charge in [0.2, 0.25) is 0 Å². The topological polar surface area (TPSA) is 14.1 Å². The van der Waals surface area contributed by atoms with Gasteiger partial charge in [0.25, 0.3) is 0 Å². The summed E-state index contributed by atoms with van der Waals surface area (Å²) in [5.74, 6) is 0.821. The molecule has 0 spiro atoms. The third kappa shape index (κ3) is 1.73. The minimum Gasteiger partial charge on any atom is -0.226 e. The lowest BCUT2D eigenvalue weighted by molar-refractivity contribution is 0.395. The first kappa shape index (κ1) is 8.73. The first-order valence-electron chi connectivity index (χ1n) is 4.70. The van der Waals surface area contributed by atoms with Crippen molar-refractivity contribution >= 4 is 15.9 Å². The fourth-order valence-corrected chi connectivity index (χ4v) is 4.15. The summed E-state index contributed by atoms with van der Waals surface area (Å²) in [6.45, 7) is 2.25. The molecule has 1 aliphatic carbocycles. The molecule has 1 radical (unpaired) electrons. The van der Waals surface area contributed by atoms with Crippen LogP contribution < -0.4 is 5.09 Å². The Balaban J connectivity index is 2.04. The van der Waals surface area contributed by atoms with Crippen molar-refractivity contribution in [1.29, 1.82) is 0 Å². The third-order valence-corrected chi connectivity index (χ3v) is 5.07. The van der Waals surface area contributed by atoms with Gasteiger partial charge in [0, 0.05) is 11.2 Å². The molecule has 0 aromatic carbocycles. The fourth-order valence-electron chi connectivity index (χ4n) is 2.01. The van der Waals surface area contributed by atoms with Crippen LogP contribution in [0.25, 0.3) is 0 Å². The molecule has 2 aliphatic rings. The summed E-state index contributed by atoms with van der Waals surface area (Å²) < 4.78 is 0. The van der Waals surface area contributed by atoms with Crippen LogP contribution in [0.3, 0.4) is 0 Å². The summed E-state index contributed by atoms with van der Waals surface area (Å²) in [6.07, 6.45) is 7.07. The fraction of sp³-hybridized carbons (Fsp3) is 0.778. The zero-order chi connectivity index (χ0) is 8.39. The SMILES string of the molecule is CC1=C(C2CCCCC2)[N]P=P1. The molecule has 0 amide bonds. The van der Waals surface area contributed by atoms with Crippen molar-refractivity contribution in [3.05, 3.63) is 11.0 Å². The van der Waals surface area contributed by atoms with Crippen molar-refractivity contribution < 1.29 is 0 Å². The van der Waals surface area contributed by atoms with Crippen LogP contribution in [0.1, 0.15) is 39.0 Å². The van der Waals surface area contributed by atoms with E-state index < -0.39 is 0 Å². The number of hydrogen-bond donors (Lipinski definition) is 0. The van der Waals surface area contributed by atoms with Gasteiger partial charge in [0.05, 0.1) is 13.7 Å². The van der Waals surface area contributed by atoms with E-state index in [1.807, 2.05) is 0 Å². The Labute approximate surface area is 77.5 Å². The molecule has 65 valence electrons. The third-order valence-electron chi connectivity index (χ3n) is 2.71. The highest BCUT2D eigenvalue weighted by Crippen LogP contribution is 2.41. The quantitative estimate of drug-likeness (QED) is 0.562. The summed E-state index contributed by atoms with van der Waals surface area (Å²) >= 11 is 0. The molecule has 0 saturated heterocycles. The average molecular weight is 198 g/mol. The summed E-state index contributed by atoms with van der Waals surface area (Å²) in [5, 5.41) is 6.11. The number of hydrogen-bond acceptors (Lipinski definition) is 0. The smallest absolute Gasteiger partial charge is 0.0699 e. The molecule has 3 heteroatoms. The number of rotatable bonds is 1. The van der Waals surface area contributed by atoms with Crippen LogP contribution in [0.4, 0.5) is 0 Å². The lowest BCUT2D eigenvalue weighted by Gasteiger charge is -2.22. The highest BCUT2D eigenvalue weighted by molar-refractivity contribution is 7.85. The Hall–Kier alpha value is 0.140. The van der Waals surface area contributed by atoms with Crippen molar-refractivity contribution in [2.45, 2.75) is 39.0 Å². The first-order chi connectivity index (χ1) is 5.88. The molecule has 0 aromatic heterocycles. The first-order valence-corrected chi connectivity index (χ1v) is 7.15. The zero-order valence-corrected chi connectivity index (χ0v) is 9.24. The van der Waals surface area contributed by atoms with Gasteiger partial charge in [0.1, 0.15) is 0 Å². The monoisotopic (exact) mass is 198 g/mol.